The van der Waals surface area contributed by atoms with Gasteiger partial charge in [0.05, 0.1) is 6.04 Å². The molecule has 0 radical (unpaired) electrons. The Labute approximate surface area is 125 Å². The molecule has 0 spiro atoms. The average molecular weight is 300 g/mol. The van der Waals surface area contributed by atoms with Crippen LogP contribution in [-0.2, 0) is 9.53 Å². The van der Waals surface area contributed by atoms with Gasteiger partial charge < -0.3 is 15.4 Å². The minimum atomic E-state index is -0.693. The SMILES string of the molecule is COC1(C(=O)NC(C)c2cccnc2)CCNCC1.Cl. The second kappa shape index (κ2) is 7.57. The molecule has 1 aromatic heterocycles. The highest BCUT2D eigenvalue weighted by Crippen LogP contribution is 2.24. The van der Waals surface area contributed by atoms with Gasteiger partial charge in [-0.05, 0) is 44.5 Å². The molecule has 1 saturated heterocycles. The lowest BCUT2D eigenvalue weighted by Gasteiger charge is -2.35. The molecule has 112 valence electrons. The summed E-state index contributed by atoms with van der Waals surface area (Å²) in [5.41, 5.74) is 0.304. The van der Waals surface area contributed by atoms with Gasteiger partial charge in [-0.1, -0.05) is 6.07 Å². The van der Waals surface area contributed by atoms with E-state index in [-0.39, 0.29) is 24.4 Å². The van der Waals surface area contributed by atoms with Crippen molar-refractivity contribution in [1.82, 2.24) is 15.6 Å². The van der Waals surface area contributed by atoms with Gasteiger partial charge in [0.2, 0.25) is 0 Å². The summed E-state index contributed by atoms with van der Waals surface area (Å²) in [7, 11) is 1.61. The first-order valence-corrected chi connectivity index (χ1v) is 6.65. The molecule has 2 N–H and O–H groups in total. The van der Waals surface area contributed by atoms with Crippen LogP contribution in [0, 0.1) is 0 Å². The van der Waals surface area contributed by atoms with Gasteiger partial charge in [0, 0.05) is 19.5 Å². The number of ether oxygens (including phenoxy) is 1. The van der Waals surface area contributed by atoms with Crippen LogP contribution in [-0.4, -0.2) is 36.7 Å². The zero-order valence-electron chi connectivity index (χ0n) is 11.9. The standard InChI is InChI=1S/C14H21N3O2.ClH/c1-11(12-4-3-7-16-10-12)17-13(18)14(19-2)5-8-15-9-6-14;/h3-4,7,10-11,15H,5-6,8-9H2,1-2H3,(H,17,18);1H. The van der Waals surface area contributed by atoms with E-state index in [1.54, 1.807) is 19.5 Å². The molecule has 1 aliphatic rings. The van der Waals surface area contributed by atoms with Gasteiger partial charge in [-0.3, -0.25) is 9.78 Å². The number of halogens is 1. The number of carbonyl (C=O) groups is 1. The molecule has 6 heteroatoms. The minimum absolute atomic E-state index is 0. The van der Waals surface area contributed by atoms with E-state index in [0.29, 0.717) is 12.8 Å². The number of nitrogens with zero attached hydrogens (tertiary/aromatic N) is 1. The third-order valence-electron chi connectivity index (χ3n) is 3.75. The third kappa shape index (κ3) is 3.69. The molecule has 0 aliphatic carbocycles. The van der Waals surface area contributed by atoms with Crippen molar-refractivity contribution in [3.63, 3.8) is 0 Å². The summed E-state index contributed by atoms with van der Waals surface area (Å²) >= 11 is 0. The van der Waals surface area contributed by atoms with Gasteiger partial charge in [0.25, 0.3) is 5.91 Å². The second-order valence-electron chi connectivity index (χ2n) is 4.93. The Balaban J connectivity index is 0.00000200. The molecule has 1 amide bonds. The van der Waals surface area contributed by atoms with Gasteiger partial charge >= 0.3 is 0 Å². The molecule has 0 saturated carbocycles. The van der Waals surface area contributed by atoms with Crippen LogP contribution in [0.4, 0.5) is 0 Å². The zero-order valence-corrected chi connectivity index (χ0v) is 12.7. The number of carbonyl (C=O) groups excluding carboxylic acids is 1. The topological polar surface area (TPSA) is 63.2 Å². The van der Waals surface area contributed by atoms with Gasteiger partial charge in [-0.25, -0.2) is 0 Å². The molecular formula is C14H22ClN3O2. The van der Waals surface area contributed by atoms with Crippen molar-refractivity contribution >= 4 is 18.3 Å². The van der Waals surface area contributed by atoms with Crippen molar-refractivity contribution in [2.75, 3.05) is 20.2 Å². The molecule has 2 heterocycles. The van der Waals surface area contributed by atoms with Crippen LogP contribution >= 0.6 is 12.4 Å². The Hall–Kier alpha value is -1.17. The Morgan fingerprint density at radius 2 is 2.20 bits per heavy atom. The fraction of sp³-hybridized carbons (Fsp3) is 0.571. The number of nitrogens with one attached hydrogen (secondary N) is 2. The summed E-state index contributed by atoms with van der Waals surface area (Å²) < 4.78 is 5.51. The number of methoxy groups -OCH3 is 1. The smallest absolute Gasteiger partial charge is 0.252 e. The Bertz CT molecular complexity index is 422. The molecule has 1 aromatic rings. The molecular weight excluding hydrogens is 278 g/mol. The predicted octanol–water partition coefficient (Wildman–Crippen LogP) is 1.45. The van der Waals surface area contributed by atoms with Crippen LogP contribution in [0.2, 0.25) is 0 Å². The van der Waals surface area contributed by atoms with E-state index in [2.05, 4.69) is 15.6 Å². The fourth-order valence-electron chi connectivity index (χ4n) is 2.40. The van der Waals surface area contributed by atoms with Crippen molar-refractivity contribution in [2.45, 2.75) is 31.4 Å². The summed E-state index contributed by atoms with van der Waals surface area (Å²) in [5.74, 6) is -0.0344. The van der Waals surface area contributed by atoms with Crippen LogP contribution in [0.15, 0.2) is 24.5 Å². The Morgan fingerprint density at radius 1 is 1.50 bits per heavy atom. The molecule has 0 bridgehead atoms. The molecule has 5 nitrogen and oxygen atoms in total. The van der Waals surface area contributed by atoms with E-state index in [1.807, 2.05) is 19.1 Å². The predicted molar refractivity (Wildman–Crippen MR) is 79.9 cm³/mol. The lowest BCUT2D eigenvalue weighted by atomic mass is 9.90. The van der Waals surface area contributed by atoms with Crippen LogP contribution in [0.3, 0.4) is 0 Å². The number of rotatable bonds is 4. The first kappa shape index (κ1) is 16.9. The normalized spacial score (nSPS) is 18.7. The van der Waals surface area contributed by atoms with E-state index >= 15 is 0 Å². The summed E-state index contributed by atoms with van der Waals surface area (Å²) in [5, 5.41) is 6.27. The van der Waals surface area contributed by atoms with Gasteiger partial charge in [-0.2, -0.15) is 0 Å². The molecule has 20 heavy (non-hydrogen) atoms. The first-order valence-electron chi connectivity index (χ1n) is 6.65. The highest BCUT2D eigenvalue weighted by atomic mass is 35.5. The number of hydrogen-bond acceptors (Lipinski definition) is 4. The lowest BCUT2D eigenvalue weighted by molar-refractivity contribution is -0.147. The molecule has 1 unspecified atom stereocenters. The van der Waals surface area contributed by atoms with Gasteiger partial charge in [-0.15, -0.1) is 12.4 Å². The average Bonchev–Trinajstić information content (AvgIpc) is 2.48. The number of pyridine rings is 1. The maximum Gasteiger partial charge on any atom is 0.252 e. The van der Waals surface area contributed by atoms with E-state index in [9.17, 15) is 4.79 Å². The number of piperidine rings is 1. The van der Waals surface area contributed by atoms with Gasteiger partial charge in [0.1, 0.15) is 5.60 Å². The van der Waals surface area contributed by atoms with Crippen molar-refractivity contribution in [1.29, 1.82) is 0 Å². The number of aromatic nitrogens is 1. The van der Waals surface area contributed by atoms with Crippen LogP contribution in [0.5, 0.6) is 0 Å². The quantitative estimate of drug-likeness (QED) is 0.883. The van der Waals surface area contributed by atoms with Crippen molar-refractivity contribution in [3.8, 4) is 0 Å². The van der Waals surface area contributed by atoms with E-state index < -0.39 is 5.60 Å². The van der Waals surface area contributed by atoms with E-state index in [1.165, 1.54) is 0 Å². The van der Waals surface area contributed by atoms with Crippen molar-refractivity contribution in [3.05, 3.63) is 30.1 Å². The summed E-state index contributed by atoms with van der Waals surface area (Å²) in [6, 6.07) is 3.76. The van der Waals surface area contributed by atoms with Gasteiger partial charge in [0.15, 0.2) is 0 Å². The first-order chi connectivity index (χ1) is 9.18. The Kier molecular flexibility index (Phi) is 6.39. The van der Waals surface area contributed by atoms with E-state index in [0.717, 1.165) is 18.7 Å². The van der Waals surface area contributed by atoms with Crippen molar-refractivity contribution < 1.29 is 9.53 Å². The summed E-state index contributed by atoms with van der Waals surface area (Å²) in [6.07, 6.45) is 4.90. The highest BCUT2D eigenvalue weighted by Gasteiger charge is 2.40. The number of amides is 1. The summed E-state index contributed by atoms with van der Waals surface area (Å²) in [6.45, 7) is 3.57. The number of hydrogen-bond donors (Lipinski definition) is 2. The zero-order chi connectivity index (χ0) is 13.7. The van der Waals surface area contributed by atoms with E-state index in [4.69, 9.17) is 4.74 Å². The van der Waals surface area contributed by atoms with Crippen LogP contribution in [0.1, 0.15) is 31.4 Å². The lowest BCUT2D eigenvalue weighted by Crippen LogP contribution is -2.54. The van der Waals surface area contributed by atoms with Crippen LogP contribution in [0.25, 0.3) is 0 Å². The maximum atomic E-state index is 12.5. The third-order valence-corrected chi connectivity index (χ3v) is 3.75. The largest absolute Gasteiger partial charge is 0.368 e. The molecule has 0 aromatic carbocycles. The van der Waals surface area contributed by atoms with Crippen molar-refractivity contribution in [2.24, 2.45) is 0 Å². The second-order valence-corrected chi connectivity index (χ2v) is 4.93. The minimum Gasteiger partial charge on any atom is -0.368 e. The summed E-state index contributed by atoms with van der Waals surface area (Å²) in [4.78, 5) is 16.5. The fourth-order valence-corrected chi connectivity index (χ4v) is 2.40. The molecule has 2 rings (SSSR count). The van der Waals surface area contributed by atoms with Crippen LogP contribution < -0.4 is 10.6 Å². The molecule has 1 fully saturated rings. The highest BCUT2D eigenvalue weighted by molar-refractivity contribution is 5.86. The maximum absolute atomic E-state index is 12.5. The monoisotopic (exact) mass is 299 g/mol. The molecule has 1 aliphatic heterocycles. The Morgan fingerprint density at radius 3 is 2.75 bits per heavy atom. The molecule has 1 atom stereocenters.